The van der Waals surface area contributed by atoms with Gasteiger partial charge in [-0.25, -0.2) is 34.4 Å². The Bertz CT molecular complexity index is 2960. The lowest BCUT2D eigenvalue weighted by Crippen LogP contribution is -2.38. The summed E-state index contributed by atoms with van der Waals surface area (Å²) in [6.07, 6.45) is -8.59. The number of imidazole rings is 2. The summed E-state index contributed by atoms with van der Waals surface area (Å²) >= 11 is 0. The molecule has 0 radical (unpaired) electrons. The molecule has 4 bridgehead atoms. The number of rotatable bonds is 0. The van der Waals surface area contributed by atoms with Crippen molar-refractivity contribution in [3.05, 3.63) is 88.9 Å². The number of aromatic hydroxyl groups is 2. The maximum Gasteiger partial charge on any atom is 0.362 e. The van der Waals surface area contributed by atoms with Gasteiger partial charge in [-0.05, 0) is 29.3 Å². The number of carbonyl (C=O) groups excluding carboxylic acids is 2. The number of nitrogen functional groups attached to an aromatic ring is 2. The van der Waals surface area contributed by atoms with Gasteiger partial charge in [-0.3, -0.25) is 27.1 Å². The van der Waals surface area contributed by atoms with Crippen molar-refractivity contribution in [1.82, 2.24) is 43.5 Å². The first-order valence-corrected chi connectivity index (χ1v) is 22.3. The molecule has 0 unspecified atom stereocenters. The van der Waals surface area contributed by atoms with E-state index in [9.17, 15) is 57.1 Å². The van der Waals surface area contributed by atoms with Crippen LogP contribution in [0.3, 0.4) is 0 Å². The van der Waals surface area contributed by atoms with E-state index in [2.05, 4.69) is 24.9 Å². The number of aliphatic hydroxyl groups excluding tert-OH is 4. The first-order chi connectivity index (χ1) is 31.3. The van der Waals surface area contributed by atoms with Gasteiger partial charge in [0, 0.05) is 19.0 Å². The van der Waals surface area contributed by atoms with Gasteiger partial charge in [0.2, 0.25) is 0 Å². The van der Waals surface area contributed by atoms with Crippen molar-refractivity contribution in [1.29, 1.82) is 0 Å². The molecule has 6 aromatic rings. The molecule has 4 aromatic heterocycles. The van der Waals surface area contributed by atoms with Gasteiger partial charge in [0.05, 0.1) is 30.0 Å². The van der Waals surface area contributed by atoms with Gasteiger partial charge in [-0.2, -0.15) is 16.8 Å². The Hall–Kier alpha value is -6.67. The summed E-state index contributed by atoms with van der Waals surface area (Å²) in [5, 5.41) is 62.9. The van der Waals surface area contributed by atoms with Crippen molar-refractivity contribution in [2.45, 2.75) is 61.9 Å². The minimum Gasteiger partial charge on any atom is -0.507 e. The molecule has 2 fully saturated rings. The van der Waals surface area contributed by atoms with Gasteiger partial charge in [-0.15, -0.1) is 0 Å². The average Bonchev–Trinajstić information content (AvgIpc) is 3.96. The first kappa shape index (κ1) is 44.5. The van der Waals surface area contributed by atoms with Crippen molar-refractivity contribution in [2.75, 3.05) is 24.7 Å². The molecule has 0 saturated carbocycles. The fourth-order valence-electron chi connectivity index (χ4n) is 8.00. The molecule has 66 heavy (non-hydrogen) atoms. The Labute approximate surface area is 370 Å². The van der Waals surface area contributed by atoms with Crippen molar-refractivity contribution >= 4 is 66.3 Å². The molecule has 29 heteroatoms. The van der Waals surface area contributed by atoms with E-state index in [4.69, 9.17) is 29.3 Å². The highest BCUT2D eigenvalue weighted by molar-refractivity contribution is 7.85. The van der Waals surface area contributed by atoms with Crippen LogP contribution in [0.1, 0.15) is 55.9 Å². The molecule has 0 aliphatic carbocycles. The zero-order valence-electron chi connectivity index (χ0n) is 33.5. The van der Waals surface area contributed by atoms with Gasteiger partial charge >= 0.3 is 20.6 Å². The second kappa shape index (κ2) is 16.6. The number of phenols is 2. The van der Waals surface area contributed by atoms with Crippen LogP contribution in [-0.4, -0.2) is 143 Å². The minimum atomic E-state index is -4.63. The maximum atomic E-state index is 12.7. The number of anilines is 2. The number of hydrogen-bond donors (Lipinski definition) is 10. The van der Waals surface area contributed by atoms with Gasteiger partial charge in [0.1, 0.15) is 71.6 Å². The predicted molar refractivity (Wildman–Crippen MR) is 220 cm³/mol. The van der Waals surface area contributed by atoms with Gasteiger partial charge in [-0.1, -0.05) is 24.3 Å². The van der Waals surface area contributed by atoms with Crippen LogP contribution in [0.25, 0.3) is 22.3 Å². The summed E-state index contributed by atoms with van der Waals surface area (Å²) in [7, 11) is -9.26. The van der Waals surface area contributed by atoms with Crippen molar-refractivity contribution in [3.8, 4) is 11.5 Å². The number of aliphatic hydroxyl groups is 4. The summed E-state index contributed by atoms with van der Waals surface area (Å²) in [5.74, 6) is -2.67. The molecule has 8 atom stereocenters. The molecule has 4 aliphatic heterocycles. The largest absolute Gasteiger partial charge is 0.507 e. The number of fused-ring (bicyclic) bond motifs is 14. The van der Waals surface area contributed by atoms with Crippen molar-refractivity contribution in [3.63, 3.8) is 0 Å². The van der Waals surface area contributed by atoms with Crippen LogP contribution in [0.15, 0.2) is 55.0 Å². The number of nitrogens with one attached hydrogen (secondary N) is 2. The Morgan fingerprint density at radius 1 is 0.636 bits per heavy atom. The lowest BCUT2D eigenvalue weighted by Gasteiger charge is -2.20. The van der Waals surface area contributed by atoms with Gasteiger partial charge in [0.25, 0.3) is 11.8 Å². The lowest BCUT2D eigenvalue weighted by molar-refractivity contribution is -0.0479. The van der Waals surface area contributed by atoms with Crippen LogP contribution in [-0.2, 0) is 51.3 Å². The van der Waals surface area contributed by atoms with Crippen molar-refractivity contribution in [2.24, 2.45) is 0 Å². The fourth-order valence-corrected chi connectivity index (χ4v) is 9.41. The summed E-state index contributed by atoms with van der Waals surface area (Å²) in [5.41, 5.74) is 13.0. The summed E-state index contributed by atoms with van der Waals surface area (Å²) < 4.78 is 76.4. The zero-order chi connectivity index (χ0) is 47.0. The first-order valence-electron chi connectivity index (χ1n) is 19.5. The quantitative estimate of drug-likeness (QED) is 0.0738. The Balaban J connectivity index is 0.000000166. The third kappa shape index (κ3) is 7.94. The van der Waals surface area contributed by atoms with Gasteiger partial charge < -0.3 is 51.6 Å². The number of pyridine rings is 1. The van der Waals surface area contributed by atoms with Crippen LogP contribution in [0.4, 0.5) is 11.5 Å². The number of carbonyl (C=O) groups is 2. The van der Waals surface area contributed by atoms with E-state index < -0.39 is 106 Å². The van der Waals surface area contributed by atoms with E-state index in [0.717, 1.165) is 0 Å². The number of phenolic OH excluding ortho intramolecular Hbond substituents is 2. The van der Waals surface area contributed by atoms with E-state index in [1.807, 2.05) is 0 Å². The predicted octanol–water partition coefficient (Wildman–Crippen LogP) is -2.74. The highest BCUT2D eigenvalue weighted by Gasteiger charge is 2.48. The van der Waals surface area contributed by atoms with E-state index in [1.165, 1.54) is 64.1 Å². The Kier molecular flexibility index (Phi) is 11.2. The normalized spacial score (nSPS) is 27.0. The van der Waals surface area contributed by atoms with E-state index >= 15 is 0 Å². The highest BCUT2D eigenvalue weighted by Crippen LogP contribution is 2.38. The number of hydrogen-bond acceptors (Lipinski definition) is 23. The van der Waals surface area contributed by atoms with E-state index in [1.54, 1.807) is 9.44 Å². The molecular weight excluding hydrogens is 919 g/mol. The molecule has 2 saturated heterocycles. The molecule has 348 valence electrons. The second-order valence-corrected chi connectivity index (χ2v) is 17.9. The molecule has 2 amide bonds. The topological polar surface area (TPSA) is 411 Å². The monoisotopic (exact) mass is 955 g/mol. The highest BCUT2D eigenvalue weighted by atomic mass is 32.2. The standard InChI is InChI=1S/C19H19N5O8S.C18H18N6O8S/c20-9-4-5-21-17-14(9)22-12-6-8-2-1-3-10(25)13(8)18(28)23-33(29,30)31-7-11-15(26)16(27)19(32-11)24(12)17;19-15-12-16(21-6-20-15)24-10(22-12)4-7-2-1-3-8(25)11(7)17(28)23-33(29,30)31-5-9-13(26)14(27)18(24)32-9/h1-5,11,15-16,19,25-27H,6-7H2,(H2,20,21)(H,23,28);1-3,6,9,13-14,18,25-27H,4-5H2,(H,23,28)(H2,19,20,21)/t11-,15-,16-,19-;9-,13-,14-,18-/m11/s1. The minimum absolute atomic E-state index is 0.0500. The smallest absolute Gasteiger partial charge is 0.362 e. The number of benzene rings is 2. The van der Waals surface area contributed by atoms with Crippen molar-refractivity contribution < 1.29 is 74.9 Å². The number of nitrogens with zero attached hydrogens (tertiary/aromatic N) is 7. The summed E-state index contributed by atoms with van der Waals surface area (Å²) in [6.45, 7) is -1.40. The third-order valence-electron chi connectivity index (χ3n) is 11.1. The average molecular weight is 956 g/mol. The van der Waals surface area contributed by atoms with Crippen LogP contribution in [0.2, 0.25) is 0 Å². The summed E-state index contributed by atoms with van der Waals surface area (Å²) in [4.78, 5) is 46.8. The molecule has 27 nitrogen and oxygen atoms in total. The fraction of sp³-hybridized carbons (Fsp3) is 0.324. The van der Waals surface area contributed by atoms with Crippen LogP contribution in [0.5, 0.6) is 11.5 Å². The molecule has 2 aromatic carbocycles. The molecule has 4 aliphatic rings. The second-order valence-electron chi connectivity index (χ2n) is 15.2. The van der Waals surface area contributed by atoms with Crippen LogP contribution < -0.4 is 20.9 Å². The maximum absolute atomic E-state index is 12.7. The molecule has 0 spiro atoms. The molecule has 8 heterocycles. The molecular formula is C37H37N11O16S2. The van der Waals surface area contributed by atoms with Gasteiger partial charge in [0.15, 0.2) is 35.1 Å². The Morgan fingerprint density at radius 2 is 1.11 bits per heavy atom. The number of ether oxygens (including phenoxy) is 2. The number of nitrogens with two attached hydrogens (primary N) is 2. The third-order valence-corrected chi connectivity index (χ3v) is 12.8. The molecule has 12 N–H and O–H groups in total. The van der Waals surface area contributed by atoms with Crippen LogP contribution in [0, 0.1) is 0 Å². The molecule has 10 rings (SSSR count). The summed E-state index contributed by atoms with van der Waals surface area (Å²) in [6, 6.07) is 9.93. The number of aromatic nitrogens is 7. The lowest BCUT2D eigenvalue weighted by atomic mass is 10.0. The van der Waals surface area contributed by atoms with E-state index in [0.29, 0.717) is 11.2 Å². The SMILES string of the molecule is Nc1ccnc2c1nc1n2[C@@H]2O[C@H](COS(=O)(=O)NC(=O)c3c(O)cccc3C1)[C@@H](O)[C@H]2O.Nc1ncnc2c1nc1n2[C@@H]2O[C@H](COS(=O)(=O)NC(=O)c3c(O)cccc3C1)[C@@H](O)[C@H]2O. The zero-order valence-corrected chi connectivity index (χ0v) is 35.1. The number of amides is 2. The van der Waals surface area contributed by atoms with E-state index in [-0.39, 0.29) is 69.4 Å². The van der Waals surface area contributed by atoms with Crippen LogP contribution >= 0.6 is 0 Å². The Morgan fingerprint density at radius 3 is 1.61 bits per heavy atom.